The summed E-state index contributed by atoms with van der Waals surface area (Å²) in [4.78, 5) is 11.7. The average molecular weight is 298 g/mol. The molecule has 2 aromatic rings. The number of ether oxygens (including phenoxy) is 1. The van der Waals surface area contributed by atoms with Crippen molar-refractivity contribution in [2.45, 2.75) is 6.92 Å². The molecule has 0 aliphatic heterocycles. The number of carbonyl (C=O) groups is 1. The molecule has 4 nitrogen and oxygen atoms in total. The van der Waals surface area contributed by atoms with E-state index in [1.54, 1.807) is 25.3 Å². The highest BCUT2D eigenvalue weighted by Gasteiger charge is 2.16. The maximum absolute atomic E-state index is 11.7. The normalized spacial score (nSPS) is 10.8. The van der Waals surface area contributed by atoms with E-state index in [2.05, 4.69) is 15.9 Å². The van der Waals surface area contributed by atoms with Crippen molar-refractivity contribution in [1.29, 1.82) is 0 Å². The molecule has 0 fully saturated rings. The number of hydrogen-bond acceptors (Lipinski definition) is 3. The Labute approximate surface area is 107 Å². The van der Waals surface area contributed by atoms with Gasteiger partial charge in [-0.25, -0.2) is 4.79 Å². The molecule has 90 valence electrons. The standard InChI is InChI=1S/C12H12BrNO3/c1-3-17-12(16)8-6-14(2)10-5-9(13)11(15)4-7(8)10/h4-6,15H,3H2,1-2H3. The van der Waals surface area contributed by atoms with Crippen LogP contribution in [0.25, 0.3) is 10.9 Å². The van der Waals surface area contributed by atoms with E-state index in [0.29, 0.717) is 22.0 Å². The number of phenolic OH excluding ortho intramolecular Hbond substituents is 1. The third-order valence-corrected chi connectivity index (χ3v) is 3.19. The lowest BCUT2D eigenvalue weighted by molar-refractivity contribution is 0.0528. The number of fused-ring (bicyclic) bond motifs is 1. The van der Waals surface area contributed by atoms with Crippen LogP contribution in [-0.2, 0) is 11.8 Å². The summed E-state index contributed by atoms with van der Waals surface area (Å²) in [5.41, 5.74) is 1.32. The second kappa shape index (κ2) is 4.41. The van der Waals surface area contributed by atoms with Gasteiger partial charge in [-0.05, 0) is 35.0 Å². The minimum Gasteiger partial charge on any atom is -0.507 e. The van der Waals surface area contributed by atoms with Gasteiger partial charge in [-0.2, -0.15) is 0 Å². The van der Waals surface area contributed by atoms with Crippen molar-refractivity contribution in [2.75, 3.05) is 6.61 Å². The summed E-state index contributed by atoms with van der Waals surface area (Å²) >= 11 is 3.25. The number of phenols is 1. The van der Waals surface area contributed by atoms with E-state index in [-0.39, 0.29) is 11.7 Å². The van der Waals surface area contributed by atoms with Crippen molar-refractivity contribution in [3.8, 4) is 5.75 Å². The van der Waals surface area contributed by atoms with Crippen molar-refractivity contribution in [3.63, 3.8) is 0 Å². The number of esters is 1. The molecule has 0 spiro atoms. The van der Waals surface area contributed by atoms with Gasteiger partial charge in [0.15, 0.2) is 0 Å². The fraction of sp³-hybridized carbons (Fsp3) is 0.250. The van der Waals surface area contributed by atoms with E-state index in [0.717, 1.165) is 5.52 Å². The predicted octanol–water partition coefficient (Wildman–Crippen LogP) is 2.82. The molecule has 0 aliphatic rings. The molecule has 1 heterocycles. The maximum Gasteiger partial charge on any atom is 0.340 e. The van der Waals surface area contributed by atoms with Gasteiger partial charge in [0.05, 0.1) is 22.2 Å². The van der Waals surface area contributed by atoms with E-state index in [9.17, 15) is 9.90 Å². The van der Waals surface area contributed by atoms with Crippen LogP contribution in [0.4, 0.5) is 0 Å². The lowest BCUT2D eigenvalue weighted by atomic mass is 10.1. The Hall–Kier alpha value is -1.49. The Balaban J connectivity index is 2.66. The molecule has 1 aromatic carbocycles. The lowest BCUT2D eigenvalue weighted by Crippen LogP contribution is -2.03. The number of halogens is 1. The summed E-state index contributed by atoms with van der Waals surface area (Å²) in [6, 6.07) is 3.33. The van der Waals surface area contributed by atoms with E-state index >= 15 is 0 Å². The van der Waals surface area contributed by atoms with Crippen molar-refractivity contribution >= 4 is 32.8 Å². The van der Waals surface area contributed by atoms with Gasteiger partial charge in [-0.3, -0.25) is 0 Å². The van der Waals surface area contributed by atoms with Crippen LogP contribution >= 0.6 is 15.9 Å². The van der Waals surface area contributed by atoms with E-state index in [1.165, 1.54) is 0 Å². The molecule has 5 heteroatoms. The Kier molecular flexibility index (Phi) is 3.11. The van der Waals surface area contributed by atoms with Gasteiger partial charge in [0.1, 0.15) is 5.75 Å². The van der Waals surface area contributed by atoms with Crippen LogP contribution in [0.3, 0.4) is 0 Å². The van der Waals surface area contributed by atoms with Gasteiger partial charge < -0.3 is 14.4 Å². The van der Waals surface area contributed by atoms with Gasteiger partial charge in [0.25, 0.3) is 0 Å². The second-order valence-corrected chi connectivity index (χ2v) is 4.55. The third-order valence-electron chi connectivity index (χ3n) is 2.55. The Morgan fingerprint density at radius 1 is 1.53 bits per heavy atom. The summed E-state index contributed by atoms with van der Waals surface area (Å²) in [6.45, 7) is 2.09. The van der Waals surface area contributed by atoms with Crippen LogP contribution in [-0.4, -0.2) is 22.2 Å². The molecule has 0 saturated carbocycles. The summed E-state index contributed by atoms with van der Waals surface area (Å²) in [5, 5.41) is 10.3. The van der Waals surface area contributed by atoms with Crippen molar-refractivity contribution in [1.82, 2.24) is 4.57 Å². The van der Waals surface area contributed by atoms with Crippen LogP contribution in [0.1, 0.15) is 17.3 Å². The molecule has 0 amide bonds. The molecule has 1 N–H and O–H groups in total. The van der Waals surface area contributed by atoms with E-state index < -0.39 is 0 Å². The fourth-order valence-corrected chi connectivity index (χ4v) is 2.09. The highest BCUT2D eigenvalue weighted by atomic mass is 79.9. The monoisotopic (exact) mass is 297 g/mol. The van der Waals surface area contributed by atoms with E-state index in [4.69, 9.17) is 4.74 Å². The largest absolute Gasteiger partial charge is 0.507 e. The topological polar surface area (TPSA) is 51.5 Å². The zero-order chi connectivity index (χ0) is 12.6. The van der Waals surface area contributed by atoms with E-state index in [1.807, 2.05) is 11.6 Å². The first-order valence-corrected chi connectivity index (χ1v) is 5.98. The number of aromatic nitrogens is 1. The van der Waals surface area contributed by atoms with Gasteiger partial charge in [0, 0.05) is 18.6 Å². The zero-order valence-electron chi connectivity index (χ0n) is 9.53. The Bertz CT molecular complexity index is 589. The molecule has 0 bridgehead atoms. The molecule has 1 aromatic heterocycles. The van der Waals surface area contributed by atoms with Crippen LogP contribution in [0.5, 0.6) is 5.75 Å². The molecule has 0 aliphatic carbocycles. The summed E-state index contributed by atoms with van der Waals surface area (Å²) in [7, 11) is 1.84. The highest BCUT2D eigenvalue weighted by molar-refractivity contribution is 9.10. The smallest absolute Gasteiger partial charge is 0.340 e. The summed E-state index contributed by atoms with van der Waals surface area (Å²) in [6.07, 6.45) is 1.70. The van der Waals surface area contributed by atoms with Crippen LogP contribution in [0.2, 0.25) is 0 Å². The first-order chi connectivity index (χ1) is 8.04. The van der Waals surface area contributed by atoms with Gasteiger partial charge >= 0.3 is 5.97 Å². The minimum absolute atomic E-state index is 0.106. The quantitative estimate of drug-likeness (QED) is 0.867. The molecule has 2 rings (SSSR count). The van der Waals surface area contributed by atoms with Crippen molar-refractivity contribution in [3.05, 3.63) is 28.4 Å². The highest BCUT2D eigenvalue weighted by Crippen LogP contribution is 2.32. The zero-order valence-corrected chi connectivity index (χ0v) is 11.1. The number of benzene rings is 1. The fourth-order valence-electron chi connectivity index (χ4n) is 1.76. The SMILES string of the molecule is CCOC(=O)c1cn(C)c2cc(Br)c(O)cc12. The first kappa shape index (κ1) is 12.0. The number of rotatable bonds is 2. The Morgan fingerprint density at radius 2 is 2.24 bits per heavy atom. The molecule has 17 heavy (non-hydrogen) atoms. The van der Waals surface area contributed by atoms with Crippen LogP contribution < -0.4 is 0 Å². The summed E-state index contributed by atoms with van der Waals surface area (Å²) < 4.78 is 7.40. The number of carbonyl (C=O) groups excluding carboxylic acids is 1. The molecule has 0 saturated heterocycles. The average Bonchev–Trinajstić information content (AvgIpc) is 2.58. The van der Waals surface area contributed by atoms with Crippen molar-refractivity contribution < 1.29 is 14.6 Å². The van der Waals surface area contributed by atoms with Crippen LogP contribution in [0.15, 0.2) is 22.8 Å². The number of nitrogens with zero attached hydrogens (tertiary/aromatic N) is 1. The van der Waals surface area contributed by atoms with Crippen LogP contribution in [0, 0.1) is 0 Å². The lowest BCUT2D eigenvalue weighted by Gasteiger charge is -2.01. The number of aryl methyl sites for hydroxylation is 1. The second-order valence-electron chi connectivity index (χ2n) is 3.69. The number of aromatic hydroxyl groups is 1. The predicted molar refractivity (Wildman–Crippen MR) is 68.2 cm³/mol. The first-order valence-electron chi connectivity index (χ1n) is 5.19. The van der Waals surface area contributed by atoms with Gasteiger partial charge in [0.2, 0.25) is 0 Å². The van der Waals surface area contributed by atoms with Gasteiger partial charge in [-0.1, -0.05) is 0 Å². The minimum atomic E-state index is -0.375. The van der Waals surface area contributed by atoms with Crippen molar-refractivity contribution in [2.24, 2.45) is 7.05 Å². The molecular weight excluding hydrogens is 286 g/mol. The van der Waals surface area contributed by atoms with Gasteiger partial charge in [-0.15, -0.1) is 0 Å². The Morgan fingerprint density at radius 3 is 2.88 bits per heavy atom. The molecule has 0 atom stereocenters. The molecule has 0 radical (unpaired) electrons. The third kappa shape index (κ3) is 2.02. The number of hydrogen-bond donors (Lipinski definition) is 1. The molecular formula is C12H12BrNO3. The molecule has 0 unspecified atom stereocenters. The maximum atomic E-state index is 11.7. The summed E-state index contributed by atoms with van der Waals surface area (Å²) in [5.74, 6) is -0.269.